The molecule has 4 heteroatoms. The van der Waals surface area contributed by atoms with Gasteiger partial charge in [0.2, 0.25) is 0 Å². The van der Waals surface area contributed by atoms with E-state index in [1.54, 1.807) is 0 Å². The lowest BCUT2D eigenvalue weighted by molar-refractivity contribution is 0.222. The van der Waals surface area contributed by atoms with Crippen molar-refractivity contribution in [2.24, 2.45) is 0 Å². The Labute approximate surface area is 121 Å². The van der Waals surface area contributed by atoms with Gasteiger partial charge in [0.15, 0.2) is 0 Å². The number of nitrogens with one attached hydrogen (secondary N) is 1. The van der Waals surface area contributed by atoms with E-state index >= 15 is 0 Å². The molecule has 1 atom stereocenters. The summed E-state index contributed by atoms with van der Waals surface area (Å²) in [6.07, 6.45) is 1.16. The van der Waals surface area contributed by atoms with Gasteiger partial charge in [-0.3, -0.25) is 4.90 Å². The number of thioether (sulfide) groups is 1. The molecule has 0 radical (unpaired) electrons. The van der Waals surface area contributed by atoms with Crippen molar-refractivity contribution in [1.29, 1.82) is 0 Å². The average Bonchev–Trinajstić information content (AvgIpc) is 2.73. The van der Waals surface area contributed by atoms with E-state index in [2.05, 4.69) is 48.8 Å². The first-order valence-electron chi connectivity index (χ1n) is 7.31. The molecule has 1 N–H and O–H groups in total. The second-order valence-corrected chi connectivity index (χ2v) is 6.52. The molecule has 0 spiro atoms. The maximum Gasteiger partial charge on any atom is 0.118 e. The van der Waals surface area contributed by atoms with Crippen LogP contribution >= 0.6 is 11.8 Å². The molecule has 2 heterocycles. The third-order valence-corrected chi connectivity index (χ3v) is 4.87. The van der Waals surface area contributed by atoms with Crippen LogP contribution in [-0.4, -0.2) is 35.5 Å². The van der Waals surface area contributed by atoms with Gasteiger partial charge >= 0.3 is 0 Å². The summed E-state index contributed by atoms with van der Waals surface area (Å²) in [6.45, 7) is 10.7. The van der Waals surface area contributed by atoms with Crippen LogP contribution < -0.4 is 5.32 Å². The van der Waals surface area contributed by atoms with Crippen molar-refractivity contribution < 1.29 is 4.42 Å². The van der Waals surface area contributed by atoms with E-state index in [0.29, 0.717) is 6.04 Å². The van der Waals surface area contributed by atoms with Gasteiger partial charge in [0.25, 0.3) is 0 Å². The van der Waals surface area contributed by atoms with Crippen LogP contribution in [-0.2, 0) is 13.1 Å². The number of rotatable bonds is 6. The molecule has 1 aromatic heterocycles. The van der Waals surface area contributed by atoms with Gasteiger partial charge in [0.1, 0.15) is 11.5 Å². The molecular formula is C15H26N2OS. The van der Waals surface area contributed by atoms with Crippen LogP contribution in [0.2, 0.25) is 0 Å². The largest absolute Gasteiger partial charge is 0.465 e. The van der Waals surface area contributed by atoms with Crippen molar-refractivity contribution in [2.75, 3.05) is 24.6 Å². The first kappa shape index (κ1) is 14.9. The highest BCUT2D eigenvalue weighted by atomic mass is 32.2. The molecule has 0 aliphatic carbocycles. The number of aryl methyl sites for hydroxylation is 1. The number of nitrogens with zero attached hydrogens (tertiary/aromatic N) is 1. The molecule has 1 aromatic rings. The second-order valence-electron chi connectivity index (χ2n) is 5.37. The molecular weight excluding hydrogens is 256 g/mol. The van der Waals surface area contributed by atoms with E-state index in [1.807, 2.05) is 0 Å². The zero-order chi connectivity index (χ0) is 13.7. The number of furan rings is 1. The minimum absolute atomic E-state index is 0.676. The maximum atomic E-state index is 5.84. The fourth-order valence-electron chi connectivity index (χ4n) is 2.44. The molecule has 1 fully saturated rings. The van der Waals surface area contributed by atoms with Gasteiger partial charge in [-0.15, -0.1) is 0 Å². The van der Waals surface area contributed by atoms with E-state index in [9.17, 15) is 0 Å². The lowest BCUT2D eigenvalue weighted by atomic mass is 10.2. The minimum atomic E-state index is 0.676. The lowest BCUT2D eigenvalue weighted by Crippen LogP contribution is -2.39. The summed E-state index contributed by atoms with van der Waals surface area (Å²) >= 11 is 2.07. The molecule has 2 rings (SSSR count). The second kappa shape index (κ2) is 7.36. The number of hydrogen-bond donors (Lipinski definition) is 1. The molecule has 3 nitrogen and oxygen atoms in total. The maximum absolute atomic E-state index is 5.84. The summed E-state index contributed by atoms with van der Waals surface area (Å²) in [4.78, 5) is 2.57. The smallest absolute Gasteiger partial charge is 0.118 e. The Hall–Kier alpha value is -0.450. The predicted molar refractivity (Wildman–Crippen MR) is 82.6 cm³/mol. The SMILES string of the molecule is CCCNCc1cc(CN2CCSCC2C)c(C)o1. The van der Waals surface area contributed by atoms with Crippen molar-refractivity contribution >= 4 is 11.8 Å². The Kier molecular flexibility index (Phi) is 5.79. The van der Waals surface area contributed by atoms with Crippen molar-refractivity contribution in [2.45, 2.75) is 46.3 Å². The molecule has 1 unspecified atom stereocenters. The van der Waals surface area contributed by atoms with Crippen LogP contribution in [0.4, 0.5) is 0 Å². The van der Waals surface area contributed by atoms with Crippen molar-refractivity contribution in [3.8, 4) is 0 Å². The predicted octanol–water partition coefficient (Wildman–Crippen LogP) is 3.02. The van der Waals surface area contributed by atoms with E-state index in [0.717, 1.165) is 37.6 Å². The third kappa shape index (κ3) is 4.26. The molecule has 0 amide bonds. The van der Waals surface area contributed by atoms with Crippen LogP contribution in [0.5, 0.6) is 0 Å². The normalized spacial score (nSPS) is 20.9. The van der Waals surface area contributed by atoms with Gasteiger partial charge in [-0.1, -0.05) is 6.92 Å². The highest BCUT2D eigenvalue weighted by molar-refractivity contribution is 7.99. The summed E-state index contributed by atoms with van der Waals surface area (Å²) in [5.74, 6) is 4.66. The van der Waals surface area contributed by atoms with Crippen molar-refractivity contribution in [3.05, 3.63) is 23.2 Å². The summed E-state index contributed by atoms with van der Waals surface area (Å²) < 4.78 is 5.84. The Balaban J connectivity index is 1.92. The first-order chi connectivity index (χ1) is 9.20. The van der Waals surface area contributed by atoms with Crippen LogP contribution in [0, 0.1) is 6.92 Å². The standard InChI is InChI=1S/C15H26N2OS/c1-4-5-16-9-15-8-14(13(3)18-15)10-17-6-7-19-11-12(17)2/h8,12,16H,4-7,9-11H2,1-3H3. The lowest BCUT2D eigenvalue weighted by Gasteiger charge is -2.32. The van der Waals surface area contributed by atoms with Gasteiger partial charge in [0, 0.05) is 36.2 Å². The summed E-state index contributed by atoms with van der Waals surface area (Å²) in [5, 5.41) is 3.39. The van der Waals surface area contributed by atoms with Crippen LogP contribution in [0.25, 0.3) is 0 Å². The Bertz CT molecular complexity index is 391. The average molecular weight is 282 g/mol. The monoisotopic (exact) mass is 282 g/mol. The van der Waals surface area contributed by atoms with Gasteiger partial charge in [-0.25, -0.2) is 0 Å². The first-order valence-corrected chi connectivity index (χ1v) is 8.47. The van der Waals surface area contributed by atoms with Gasteiger partial charge < -0.3 is 9.73 Å². The van der Waals surface area contributed by atoms with Crippen LogP contribution in [0.3, 0.4) is 0 Å². The van der Waals surface area contributed by atoms with Gasteiger partial charge in [-0.05, 0) is 32.9 Å². The molecule has 0 saturated carbocycles. The third-order valence-electron chi connectivity index (χ3n) is 3.68. The quantitative estimate of drug-likeness (QED) is 0.812. The molecule has 108 valence electrons. The molecule has 1 saturated heterocycles. The zero-order valence-electron chi connectivity index (χ0n) is 12.4. The van der Waals surface area contributed by atoms with Crippen LogP contribution in [0.15, 0.2) is 10.5 Å². The van der Waals surface area contributed by atoms with Crippen molar-refractivity contribution in [1.82, 2.24) is 10.2 Å². The van der Waals surface area contributed by atoms with E-state index in [4.69, 9.17) is 4.42 Å². The van der Waals surface area contributed by atoms with E-state index < -0.39 is 0 Å². The minimum Gasteiger partial charge on any atom is -0.465 e. The molecule has 1 aliphatic heterocycles. The van der Waals surface area contributed by atoms with Crippen LogP contribution in [0.1, 0.15) is 37.4 Å². The summed E-state index contributed by atoms with van der Waals surface area (Å²) in [6, 6.07) is 2.90. The molecule has 0 aromatic carbocycles. The fourth-order valence-corrected chi connectivity index (χ4v) is 3.52. The highest BCUT2D eigenvalue weighted by Crippen LogP contribution is 2.22. The summed E-state index contributed by atoms with van der Waals surface area (Å²) in [5.41, 5.74) is 1.35. The van der Waals surface area contributed by atoms with E-state index in [1.165, 1.54) is 23.6 Å². The molecule has 0 bridgehead atoms. The number of hydrogen-bond acceptors (Lipinski definition) is 4. The Morgan fingerprint density at radius 2 is 2.37 bits per heavy atom. The topological polar surface area (TPSA) is 28.4 Å². The Morgan fingerprint density at radius 3 is 3.11 bits per heavy atom. The zero-order valence-corrected chi connectivity index (χ0v) is 13.2. The fraction of sp³-hybridized carbons (Fsp3) is 0.733. The van der Waals surface area contributed by atoms with Crippen molar-refractivity contribution in [3.63, 3.8) is 0 Å². The van der Waals surface area contributed by atoms with E-state index in [-0.39, 0.29) is 0 Å². The highest BCUT2D eigenvalue weighted by Gasteiger charge is 2.20. The van der Waals surface area contributed by atoms with Gasteiger partial charge in [-0.2, -0.15) is 11.8 Å². The molecule has 19 heavy (non-hydrogen) atoms. The van der Waals surface area contributed by atoms with Gasteiger partial charge in [0.05, 0.1) is 6.54 Å². The molecule has 1 aliphatic rings. The summed E-state index contributed by atoms with van der Waals surface area (Å²) in [7, 11) is 0. The Morgan fingerprint density at radius 1 is 1.53 bits per heavy atom.